The third-order valence-electron chi connectivity index (χ3n) is 5.46. The normalized spacial score (nSPS) is 19.0. The van der Waals surface area contributed by atoms with Crippen LogP contribution in [0.25, 0.3) is 10.8 Å². The molecule has 136 valence electrons. The van der Waals surface area contributed by atoms with Crippen molar-refractivity contribution >= 4 is 16.7 Å². The summed E-state index contributed by atoms with van der Waals surface area (Å²) in [6.45, 7) is 2.44. The molecule has 2 aliphatic rings. The van der Waals surface area contributed by atoms with Crippen LogP contribution < -0.4 is 4.74 Å². The Balaban J connectivity index is 1.41. The molecule has 2 aliphatic heterocycles. The summed E-state index contributed by atoms with van der Waals surface area (Å²) in [4.78, 5) is 15.0. The Kier molecular flexibility index (Phi) is 4.06. The lowest BCUT2D eigenvalue weighted by molar-refractivity contribution is -0.0221. The molecule has 0 aliphatic carbocycles. The van der Waals surface area contributed by atoms with Crippen molar-refractivity contribution in [2.45, 2.75) is 12.5 Å². The average Bonchev–Trinajstić information content (AvgIpc) is 3.21. The van der Waals surface area contributed by atoms with Gasteiger partial charge >= 0.3 is 0 Å². The van der Waals surface area contributed by atoms with E-state index in [9.17, 15) is 4.79 Å². The fourth-order valence-corrected chi connectivity index (χ4v) is 4.06. The van der Waals surface area contributed by atoms with Crippen LogP contribution in [0, 0.1) is 0 Å². The van der Waals surface area contributed by atoms with Gasteiger partial charge in [-0.2, -0.15) is 0 Å². The quantitative estimate of drug-likeness (QED) is 0.694. The number of ether oxygens (including phenoxy) is 2. The molecule has 0 spiro atoms. The number of benzene rings is 3. The van der Waals surface area contributed by atoms with Crippen molar-refractivity contribution in [1.29, 1.82) is 0 Å². The second kappa shape index (κ2) is 6.71. The molecule has 3 aromatic carbocycles. The van der Waals surface area contributed by atoms with Crippen LogP contribution in [0.2, 0.25) is 0 Å². The summed E-state index contributed by atoms with van der Waals surface area (Å²) in [5.74, 6) is 0.973. The molecule has 1 saturated heterocycles. The molecule has 1 fully saturated rings. The third kappa shape index (κ3) is 2.96. The SMILES string of the molecule is O=C(c1ccc2c(c1)CCO2)N1CCOC(c2cccc3ccccc23)C1. The number of amides is 1. The summed E-state index contributed by atoms with van der Waals surface area (Å²) in [5.41, 5.74) is 3.01. The molecule has 3 aromatic rings. The van der Waals surface area contributed by atoms with E-state index in [1.54, 1.807) is 0 Å². The molecule has 1 atom stereocenters. The Bertz CT molecular complexity index is 1010. The highest BCUT2D eigenvalue weighted by Gasteiger charge is 2.27. The molecule has 4 nitrogen and oxygen atoms in total. The molecule has 0 radical (unpaired) electrons. The molecule has 27 heavy (non-hydrogen) atoms. The maximum atomic E-state index is 13.1. The van der Waals surface area contributed by atoms with E-state index in [-0.39, 0.29) is 12.0 Å². The zero-order valence-corrected chi connectivity index (χ0v) is 15.1. The lowest BCUT2D eigenvalue weighted by Crippen LogP contribution is -2.42. The van der Waals surface area contributed by atoms with Gasteiger partial charge in [0.2, 0.25) is 0 Å². The van der Waals surface area contributed by atoms with Crippen molar-refractivity contribution in [2.75, 3.05) is 26.3 Å². The molecule has 5 rings (SSSR count). The van der Waals surface area contributed by atoms with Gasteiger partial charge in [-0.1, -0.05) is 42.5 Å². The molecule has 0 saturated carbocycles. The van der Waals surface area contributed by atoms with Gasteiger partial charge < -0.3 is 14.4 Å². The monoisotopic (exact) mass is 359 g/mol. The van der Waals surface area contributed by atoms with E-state index in [0.717, 1.165) is 28.9 Å². The smallest absolute Gasteiger partial charge is 0.254 e. The van der Waals surface area contributed by atoms with Gasteiger partial charge in [-0.3, -0.25) is 4.79 Å². The summed E-state index contributed by atoms with van der Waals surface area (Å²) < 4.78 is 11.6. The van der Waals surface area contributed by atoms with Crippen LogP contribution in [0.1, 0.15) is 27.6 Å². The van der Waals surface area contributed by atoms with Crippen LogP contribution in [0.15, 0.2) is 60.7 Å². The van der Waals surface area contributed by atoms with E-state index in [4.69, 9.17) is 9.47 Å². The van der Waals surface area contributed by atoms with E-state index < -0.39 is 0 Å². The van der Waals surface area contributed by atoms with Gasteiger partial charge in [-0.05, 0) is 40.1 Å². The van der Waals surface area contributed by atoms with Gasteiger partial charge in [-0.15, -0.1) is 0 Å². The van der Waals surface area contributed by atoms with Crippen LogP contribution in [-0.2, 0) is 11.2 Å². The minimum Gasteiger partial charge on any atom is -0.493 e. The second-order valence-corrected chi connectivity index (χ2v) is 7.10. The first-order valence-electron chi connectivity index (χ1n) is 9.44. The van der Waals surface area contributed by atoms with Gasteiger partial charge in [0.15, 0.2) is 0 Å². The maximum Gasteiger partial charge on any atom is 0.254 e. The molecule has 0 bridgehead atoms. The van der Waals surface area contributed by atoms with Crippen LogP contribution >= 0.6 is 0 Å². The lowest BCUT2D eigenvalue weighted by Gasteiger charge is -2.33. The number of carbonyl (C=O) groups excluding carboxylic acids is 1. The zero-order chi connectivity index (χ0) is 18.2. The number of rotatable bonds is 2. The molecule has 4 heteroatoms. The highest BCUT2D eigenvalue weighted by Crippen LogP contribution is 2.31. The molecule has 1 unspecified atom stereocenters. The van der Waals surface area contributed by atoms with Gasteiger partial charge in [0.05, 0.1) is 19.8 Å². The maximum absolute atomic E-state index is 13.1. The van der Waals surface area contributed by atoms with Crippen molar-refractivity contribution < 1.29 is 14.3 Å². The van der Waals surface area contributed by atoms with Crippen LogP contribution in [0.4, 0.5) is 0 Å². The van der Waals surface area contributed by atoms with E-state index in [0.29, 0.717) is 26.3 Å². The first kappa shape index (κ1) is 16.3. The molecule has 0 N–H and O–H groups in total. The Hall–Kier alpha value is -2.85. The molecular weight excluding hydrogens is 338 g/mol. The van der Waals surface area contributed by atoms with Crippen molar-refractivity contribution in [3.05, 3.63) is 77.4 Å². The highest BCUT2D eigenvalue weighted by molar-refractivity contribution is 5.95. The molecule has 2 heterocycles. The van der Waals surface area contributed by atoms with Gasteiger partial charge in [0.1, 0.15) is 11.9 Å². The summed E-state index contributed by atoms with van der Waals surface area (Å²) in [6, 6.07) is 20.4. The van der Waals surface area contributed by atoms with Crippen molar-refractivity contribution in [1.82, 2.24) is 4.90 Å². The van der Waals surface area contributed by atoms with Gasteiger partial charge in [0.25, 0.3) is 5.91 Å². The Morgan fingerprint density at radius 2 is 1.89 bits per heavy atom. The highest BCUT2D eigenvalue weighted by atomic mass is 16.5. The van der Waals surface area contributed by atoms with Gasteiger partial charge in [-0.25, -0.2) is 0 Å². The standard InChI is InChI=1S/C23H21NO3/c25-23(18-8-9-21-17(14-18)10-12-26-21)24-11-13-27-22(15-24)20-7-3-5-16-4-1-2-6-19(16)20/h1-9,14,22H,10-13,15H2. The van der Waals surface area contributed by atoms with E-state index >= 15 is 0 Å². The van der Waals surface area contributed by atoms with Gasteiger partial charge in [0, 0.05) is 18.5 Å². The van der Waals surface area contributed by atoms with E-state index in [1.807, 2.05) is 35.2 Å². The first-order chi connectivity index (χ1) is 13.3. The fraction of sp³-hybridized carbons (Fsp3) is 0.261. The number of morpholine rings is 1. The second-order valence-electron chi connectivity index (χ2n) is 7.10. The van der Waals surface area contributed by atoms with Crippen LogP contribution in [-0.4, -0.2) is 37.1 Å². The third-order valence-corrected chi connectivity index (χ3v) is 5.46. The van der Waals surface area contributed by atoms with Crippen LogP contribution in [0.5, 0.6) is 5.75 Å². The Morgan fingerprint density at radius 1 is 1.00 bits per heavy atom. The minimum atomic E-state index is -0.105. The lowest BCUT2D eigenvalue weighted by atomic mass is 9.99. The molecule has 0 aromatic heterocycles. The predicted molar refractivity (Wildman–Crippen MR) is 104 cm³/mol. The summed E-state index contributed by atoms with van der Waals surface area (Å²) in [7, 11) is 0. The number of hydrogen-bond acceptors (Lipinski definition) is 3. The van der Waals surface area contributed by atoms with Crippen molar-refractivity contribution in [2.24, 2.45) is 0 Å². The van der Waals surface area contributed by atoms with E-state index in [2.05, 4.69) is 30.3 Å². The fourth-order valence-electron chi connectivity index (χ4n) is 4.06. The Morgan fingerprint density at radius 3 is 2.85 bits per heavy atom. The molecule has 1 amide bonds. The largest absolute Gasteiger partial charge is 0.493 e. The predicted octanol–water partition coefficient (Wildman–Crippen LogP) is 3.99. The Labute approximate surface area is 158 Å². The number of fused-ring (bicyclic) bond motifs is 2. The number of carbonyl (C=O) groups is 1. The summed E-state index contributed by atoms with van der Waals surface area (Å²) >= 11 is 0. The van der Waals surface area contributed by atoms with Crippen molar-refractivity contribution in [3.63, 3.8) is 0 Å². The van der Waals surface area contributed by atoms with Crippen LogP contribution in [0.3, 0.4) is 0 Å². The summed E-state index contributed by atoms with van der Waals surface area (Å²) in [6.07, 6.45) is 0.768. The van der Waals surface area contributed by atoms with E-state index in [1.165, 1.54) is 10.8 Å². The average molecular weight is 359 g/mol. The number of hydrogen-bond donors (Lipinski definition) is 0. The number of nitrogens with zero attached hydrogens (tertiary/aromatic N) is 1. The summed E-state index contributed by atoms with van der Waals surface area (Å²) in [5, 5.41) is 2.38. The topological polar surface area (TPSA) is 38.8 Å². The first-order valence-corrected chi connectivity index (χ1v) is 9.44. The zero-order valence-electron chi connectivity index (χ0n) is 15.1. The minimum absolute atomic E-state index is 0.0678. The van der Waals surface area contributed by atoms with Crippen molar-refractivity contribution in [3.8, 4) is 5.75 Å². The molecular formula is C23H21NO3.